The third kappa shape index (κ3) is 1.50. The van der Waals surface area contributed by atoms with E-state index in [9.17, 15) is 4.79 Å². The zero-order valence-electron chi connectivity index (χ0n) is 10.1. The average molecular weight is 220 g/mol. The van der Waals surface area contributed by atoms with E-state index >= 15 is 0 Å². The van der Waals surface area contributed by atoms with E-state index in [1.54, 1.807) is 0 Å². The van der Waals surface area contributed by atoms with E-state index in [0.29, 0.717) is 17.8 Å². The standard InChI is InChI=1S/C14H20O2/c1-8-5-12-10-3-4-11(7-10)14(12)13(6-8)16-9(2)15/h3-4,8,10-14H,5-7H2,1-2H3/t8-,10+,11-,12+,13+,14-/m0/s1. The number of esters is 1. The van der Waals surface area contributed by atoms with Crippen LogP contribution in [0.1, 0.15) is 33.1 Å². The molecule has 0 aromatic heterocycles. The molecule has 16 heavy (non-hydrogen) atoms. The minimum atomic E-state index is -0.107. The number of ether oxygens (including phenoxy) is 1. The van der Waals surface area contributed by atoms with Gasteiger partial charge >= 0.3 is 5.97 Å². The highest BCUT2D eigenvalue weighted by Crippen LogP contribution is 2.55. The van der Waals surface area contributed by atoms with E-state index in [2.05, 4.69) is 19.1 Å². The van der Waals surface area contributed by atoms with Gasteiger partial charge in [-0.2, -0.15) is 0 Å². The number of allylic oxidation sites excluding steroid dienone is 2. The molecule has 3 aliphatic rings. The Morgan fingerprint density at radius 3 is 2.69 bits per heavy atom. The van der Waals surface area contributed by atoms with Crippen molar-refractivity contribution in [2.24, 2.45) is 29.6 Å². The van der Waals surface area contributed by atoms with Crippen LogP contribution in [0.5, 0.6) is 0 Å². The van der Waals surface area contributed by atoms with E-state index in [0.717, 1.165) is 18.3 Å². The van der Waals surface area contributed by atoms with Crippen molar-refractivity contribution in [3.63, 3.8) is 0 Å². The number of fused-ring (bicyclic) bond motifs is 5. The summed E-state index contributed by atoms with van der Waals surface area (Å²) >= 11 is 0. The van der Waals surface area contributed by atoms with E-state index in [1.807, 2.05) is 0 Å². The normalized spacial score (nSPS) is 49.1. The number of hydrogen-bond acceptors (Lipinski definition) is 2. The maximum absolute atomic E-state index is 11.2. The zero-order valence-corrected chi connectivity index (χ0v) is 10.1. The summed E-state index contributed by atoms with van der Waals surface area (Å²) in [5.74, 6) is 3.46. The highest BCUT2D eigenvalue weighted by molar-refractivity contribution is 5.66. The van der Waals surface area contributed by atoms with Crippen molar-refractivity contribution in [3.05, 3.63) is 12.2 Å². The SMILES string of the molecule is CC(=O)O[C@@H]1C[C@@H](C)C[C@H]2[C@@H]1[C@H]1C=C[C@@H]2C1. The molecule has 2 heteroatoms. The Bertz CT molecular complexity index is 334. The molecule has 88 valence electrons. The van der Waals surface area contributed by atoms with Crippen LogP contribution in [0, 0.1) is 29.6 Å². The van der Waals surface area contributed by atoms with Gasteiger partial charge in [-0.25, -0.2) is 0 Å². The van der Waals surface area contributed by atoms with Crippen LogP contribution in [0.3, 0.4) is 0 Å². The fraction of sp³-hybridized carbons (Fsp3) is 0.786. The predicted molar refractivity (Wildman–Crippen MR) is 61.7 cm³/mol. The van der Waals surface area contributed by atoms with Crippen LogP contribution in [-0.4, -0.2) is 12.1 Å². The summed E-state index contributed by atoms with van der Waals surface area (Å²) in [5.41, 5.74) is 0. The Labute approximate surface area is 97.1 Å². The Morgan fingerprint density at radius 1 is 1.19 bits per heavy atom. The highest BCUT2D eigenvalue weighted by atomic mass is 16.5. The maximum atomic E-state index is 11.2. The Hall–Kier alpha value is -0.790. The second-order valence-electron chi connectivity index (χ2n) is 5.91. The average Bonchev–Trinajstić information content (AvgIpc) is 2.75. The number of carbonyl (C=O) groups excluding carboxylic acids is 1. The molecule has 2 nitrogen and oxygen atoms in total. The topological polar surface area (TPSA) is 26.3 Å². The summed E-state index contributed by atoms with van der Waals surface area (Å²) in [7, 11) is 0. The molecule has 0 aromatic carbocycles. The van der Waals surface area contributed by atoms with Gasteiger partial charge in [-0.15, -0.1) is 0 Å². The lowest BCUT2D eigenvalue weighted by molar-refractivity contribution is -0.154. The molecule has 0 radical (unpaired) electrons. The van der Waals surface area contributed by atoms with Crippen LogP contribution < -0.4 is 0 Å². The monoisotopic (exact) mass is 220 g/mol. The molecule has 3 rings (SSSR count). The minimum Gasteiger partial charge on any atom is -0.462 e. The summed E-state index contributed by atoms with van der Waals surface area (Å²) in [4.78, 5) is 11.2. The molecular weight excluding hydrogens is 200 g/mol. The quantitative estimate of drug-likeness (QED) is 0.501. The Balaban J connectivity index is 1.82. The van der Waals surface area contributed by atoms with Crippen LogP contribution in [0.15, 0.2) is 12.2 Å². The maximum Gasteiger partial charge on any atom is 0.302 e. The smallest absolute Gasteiger partial charge is 0.302 e. The van der Waals surface area contributed by atoms with Crippen molar-refractivity contribution in [2.45, 2.75) is 39.2 Å². The molecular formula is C14H20O2. The molecule has 0 amide bonds. The second-order valence-corrected chi connectivity index (χ2v) is 5.91. The highest BCUT2D eigenvalue weighted by Gasteiger charge is 2.51. The predicted octanol–water partition coefficient (Wildman–Crippen LogP) is 2.79. The molecule has 0 heterocycles. The number of carbonyl (C=O) groups is 1. The lowest BCUT2D eigenvalue weighted by Gasteiger charge is -2.41. The van der Waals surface area contributed by atoms with Gasteiger partial charge in [0.15, 0.2) is 0 Å². The lowest BCUT2D eigenvalue weighted by atomic mass is 9.68. The van der Waals surface area contributed by atoms with Crippen LogP contribution >= 0.6 is 0 Å². The van der Waals surface area contributed by atoms with E-state index in [4.69, 9.17) is 4.74 Å². The van der Waals surface area contributed by atoms with Crippen molar-refractivity contribution in [2.75, 3.05) is 0 Å². The van der Waals surface area contributed by atoms with Gasteiger partial charge in [-0.05, 0) is 42.9 Å². The van der Waals surface area contributed by atoms with Crippen LogP contribution in [0.25, 0.3) is 0 Å². The molecule has 6 atom stereocenters. The van der Waals surface area contributed by atoms with Gasteiger partial charge in [-0.1, -0.05) is 19.1 Å². The number of hydrogen-bond donors (Lipinski definition) is 0. The summed E-state index contributed by atoms with van der Waals surface area (Å²) in [6.45, 7) is 3.83. The molecule has 0 aromatic rings. The van der Waals surface area contributed by atoms with Crippen molar-refractivity contribution in [1.82, 2.24) is 0 Å². The minimum absolute atomic E-state index is 0.107. The molecule has 3 aliphatic carbocycles. The summed E-state index contributed by atoms with van der Waals surface area (Å²) < 4.78 is 5.56. The van der Waals surface area contributed by atoms with Crippen molar-refractivity contribution < 1.29 is 9.53 Å². The third-order valence-corrected chi connectivity index (χ3v) is 4.74. The van der Waals surface area contributed by atoms with Gasteiger partial charge in [-0.3, -0.25) is 4.79 Å². The molecule has 2 saturated carbocycles. The van der Waals surface area contributed by atoms with Gasteiger partial charge in [0.25, 0.3) is 0 Å². The van der Waals surface area contributed by atoms with Crippen LogP contribution in [0.2, 0.25) is 0 Å². The summed E-state index contributed by atoms with van der Waals surface area (Å²) in [6, 6.07) is 0. The van der Waals surface area contributed by atoms with Crippen molar-refractivity contribution in [3.8, 4) is 0 Å². The third-order valence-electron chi connectivity index (χ3n) is 4.74. The fourth-order valence-corrected chi connectivity index (χ4v) is 4.30. The second kappa shape index (κ2) is 3.61. The molecule has 0 saturated heterocycles. The summed E-state index contributed by atoms with van der Waals surface area (Å²) in [6.07, 6.45) is 8.64. The first kappa shape index (κ1) is 10.4. The van der Waals surface area contributed by atoms with E-state index < -0.39 is 0 Å². The van der Waals surface area contributed by atoms with E-state index in [1.165, 1.54) is 19.8 Å². The largest absolute Gasteiger partial charge is 0.462 e. The Morgan fingerprint density at radius 2 is 1.94 bits per heavy atom. The van der Waals surface area contributed by atoms with Crippen LogP contribution in [0.4, 0.5) is 0 Å². The summed E-state index contributed by atoms with van der Waals surface area (Å²) in [5, 5.41) is 0. The van der Waals surface area contributed by atoms with E-state index in [-0.39, 0.29) is 12.1 Å². The first-order chi connectivity index (χ1) is 7.65. The lowest BCUT2D eigenvalue weighted by Crippen LogP contribution is -2.40. The molecule has 2 fully saturated rings. The first-order valence-corrected chi connectivity index (χ1v) is 6.50. The zero-order chi connectivity index (χ0) is 11.3. The molecule has 0 aliphatic heterocycles. The van der Waals surface area contributed by atoms with Crippen molar-refractivity contribution in [1.29, 1.82) is 0 Å². The van der Waals surface area contributed by atoms with Gasteiger partial charge < -0.3 is 4.74 Å². The molecule has 0 N–H and O–H groups in total. The van der Waals surface area contributed by atoms with Crippen molar-refractivity contribution >= 4 is 5.97 Å². The molecule has 0 unspecified atom stereocenters. The van der Waals surface area contributed by atoms with Gasteiger partial charge in [0.2, 0.25) is 0 Å². The number of rotatable bonds is 1. The molecule has 2 bridgehead atoms. The van der Waals surface area contributed by atoms with Gasteiger partial charge in [0, 0.05) is 12.8 Å². The fourth-order valence-electron chi connectivity index (χ4n) is 4.30. The van der Waals surface area contributed by atoms with Gasteiger partial charge in [0.05, 0.1) is 0 Å². The Kier molecular flexibility index (Phi) is 2.34. The first-order valence-electron chi connectivity index (χ1n) is 6.50. The van der Waals surface area contributed by atoms with Gasteiger partial charge in [0.1, 0.15) is 6.10 Å². The van der Waals surface area contributed by atoms with Crippen LogP contribution in [-0.2, 0) is 9.53 Å². The molecule has 0 spiro atoms.